The fourth-order valence-electron chi connectivity index (χ4n) is 2.93. The molecule has 1 amide bonds. The van der Waals surface area contributed by atoms with E-state index in [1.807, 2.05) is 43.3 Å². The van der Waals surface area contributed by atoms with Crippen LogP contribution in [0.15, 0.2) is 47.1 Å². The van der Waals surface area contributed by atoms with Crippen molar-refractivity contribution in [3.05, 3.63) is 54.0 Å². The normalized spacial score (nSPS) is 16.0. The number of ether oxygens (including phenoxy) is 1. The Morgan fingerprint density at radius 2 is 2.00 bits per heavy atom. The maximum Gasteiger partial charge on any atom is 0.253 e. The number of para-hydroxylation sites is 1. The fourth-order valence-corrected chi connectivity index (χ4v) is 2.93. The van der Waals surface area contributed by atoms with E-state index in [2.05, 4.69) is 10.2 Å². The molecule has 0 radical (unpaired) electrons. The van der Waals surface area contributed by atoms with Crippen molar-refractivity contribution in [1.29, 1.82) is 0 Å². The molecule has 1 aliphatic heterocycles. The molecule has 1 fully saturated rings. The number of rotatable bonds is 6. The summed E-state index contributed by atoms with van der Waals surface area (Å²) in [5.74, 6) is 0.925. The van der Waals surface area contributed by atoms with Crippen molar-refractivity contribution in [3.63, 3.8) is 0 Å². The van der Waals surface area contributed by atoms with Crippen LogP contribution in [0, 0.1) is 0 Å². The van der Waals surface area contributed by atoms with Crippen molar-refractivity contribution in [2.75, 3.05) is 31.2 Å². The highest BCUT2D eigenvalue weighted by Gasteiger charge is 2.19. The minimum atomic E-state index is -0.0240. The molecule has 3 rings (SSSR count). The maximum absolute atomic E-state index is 12.7. The number of carbonyl (C=O) groups excluding carboxylic acids is 1. The Morgan fingerprint density at radius 1 is 1.21 bits per heavy atom. The van der Waals surface area contributed by atoms with E-state index in [0.717, 1.165) is 42.9 Å². The third-order valence-electron chi connectivity index (χ3n) is 4.28. The molecule has 0 bridgehead atoms. The van der Waals surface area contributed by atoms with Crippen molar-refractivity contribution < 1.29 is 13.9 Å². The van der Waals surface area contributed by atoms with Gasteiger partial charge in [0.15, 0.2) is 0 Å². The summed E-state index contributed by atoms with van der Waals surface area (Å²) < 4.78 is 10.7. The van der Waals surface area contributed by atoms with Gasteiger partial charge in [0.2, 0.25) is 0 Å². The first-order valence-corrected chi connectivity index (χ1v) is 8.49. The van der Waals surface area contributed by atoms with Gasteiger partial charge < -0.3 is 19.4 Å². The van der Waals surface area contributed by atoms with Crippen molar-refractivity contribution in [1.82, 2.24) is 5.32 Å². The summed E-state index contributed by atoms with van der Waals surface area (Å²) >= 11 is 0. The number of furan rings is 1. The van der Waals surface area contributed by atoms with Gasteiger partial charge in [-0.2, -0.15) is 0 Å². The second-order valence-electron chi connectivity index (χ2n) is 6.11. The van der Waals surface area contributed by atoms with Crippen LogP contribution in [-0.2, 0) is 11.2 Å². The van der Waals surface area contributed by atoms with Gasteiger partial charge in [0.25, 0.3) is 5.91 Å². The SMILES string of the molecule is C[C@@H](CCc1ccco1)NC(=O)c1ccccc1N1CCOCC1. The molecule has 0 spiro atoms. The van der Waals surface area contributed by atoms with E-state index in [0.29, 0.717) is 13.2 Å². The number of carbonyl (C=O) groups is 1. The molecule has 0 saturated carbocycles. The van der Waals surface area contributed by atoms with Gasteiger partial charge in [-0.3, -0.25) is 4.79 Å². The highest BCUT2D eigenvalue weighted by molar-refractivity contribution is 6.00. The van der Waals surface area contributed by atoms with Crippen LogP contribution in [-0.4, -0.2) is 38.3 Å². The van der Waals surface area contributed by atoms with E-state index in [1.54, 1.807) is 6.26 Å². The smallest absolute Gasteiger partial charge is 0.253 e. The molecule has 2 heterocycles. The molecule has 5 nitrogen and oxygen atoms in total. The van der Waals surface area contributed by atoms with Gasteiger partial charge in [0.1, 0.15) is 5.76 Å². The molecule has 0 unspecified atom stereocenters. The van der Waals surface area contributed by atoms with Crippen LogP contribution in [0.4, 0.5) is 5.69 Å². The Labute approximate surface area is 142 Å². The molecular formula is C19H24N2O3. The number of aryl methyl sites for hydroxylation is 1. The van der Waals surface area contributed by atoms with Gasteiger partial charge in [-0.1, -0.05) is 12.1 Å². The van der Waals surface area contributed by atoms with E-state index in [1.165, 1.54) is 0 Å². The molecule has 1 aromatic heterocycles. The molecule has 24 heavy (non-hydrogen) atoms. The molecule has 5 heteroatoms. The summed E-state index contributed by atoms with van der Waals surface area (Å²) in [4.78, 5) is 14.9. The summed E-state index contributed by atoms with van der Waals surface area (Å²) in [6.07, 6.45) is 3.34. The van der Waals surface area contributed by atoms with Gasteiger partial charge in [-0.05, 0) is 37.6 Å². The Balaban J connectivity index is 1.61. The molecule has 0 aliphatic carbocycles. The van der Waals surface area contributed by atoms with Crippen molar-refractivity contribution >= 4 is 11.6 Å². The van der Waals surface area contributed by atoms with Gasteiger partial charge >= 0.3 is 0 Å². The van der Waals surface area contributed by atoms with Crippen molar-refractivity contribution in [2.24, 2.45) is 0 Å². The van der Waals surface area contributed by atoms with E-state index in [-0.39, 0.29) is 11.9 Å². The Kier molecular flexibility index (Phi) is 5.54. The van der Waals surface area contributed by atoms with E-state index in [9.17, 15) is 4.79 Å². The Bertz CT molecular complexity index is 648. The zero-order valence-electron chi connectivity index (χ0n) is 14.0. The van der Waals surface area contributed by atoms with Crippen molar-refractivity contribution in [2.45, 2.75) is 25.8 Å². The Hall–Kier alpha value is -2.27. The lowest BCUT2D eigenvalue weighted by molar-refractivity contribution is 0.0936. The molecule has 2 aromatic rings. The number of nitrogens with one attached hydrogen (secondary N) is 1. The number of hydrogen-bond donors (Lipinski definition) is 1. The highest BCUT2D eigenvalue weighted by atomic mass is 16.5. The predicted octanol–water partition coefficient (Wildman–Crippen LogP) is 2.87. The minimum absolute atomic E-state index is 0.0240. The summed E-state index contributed by atoms with van der Waals surface area (Å²) in [7, 11) is 0. The standard InChI is InChI=1S/C19H24N2O3/c1-15(8-9-16-5-4-12-24-16)20-19(22)17-6-2-3-7-18(17)21-10-13-23-14-11-21/h2-7,12,15H,8-11,13-14H2,1H3,(H,20,22)/t15-/m0/s1. The first-order chi connectivity index (χ1) is 11.7. The third-order valence-corrected chi connectivity index (χ3v) is 4.28. The molecule has 1 saturated heterocycles. The number of anilines is 1. The monoisotopic (exact) mass is 328 g/mol. The van der Waals surface area contributed by atoms with Gasteiger partial charge in [0, 0.05) is 31.2 Å². The molecule has 1 N–H and O–H groups in total. The first-order valence-electron chi connectivity index (χ1n) is 8.49. The van der Waals surface area contributed by atoms with E-state index >= 15 is 0 Å². The van der Waals surface area contributed by atoms with E-state index in [4.69, 9.17) is 9.15 Å². The lowest BCUT2D eigenvalue weighted by atomic mass is 10.1. The number of nitrogens with zero attached hydrogens (tertiary/aromatic N) is 1. The Morgan fingerprint density at radius 3 is 2.75 bits per heavy atom. The summed E-state index contributed by atoms with van der Waals surface area (Å²) in [5.41, 5.74) is 1.71. The van der Waals surface area contributed by atoms with E-state index < -0.39 is 0 Å². The van der Waals surface area contributed by atoms with Crippen LogP contribution in [0.2, 0.25) is 0 Å². The number of morpholine rings is 1. The predicted molar refractivity (Wildman–Crippen MR) is 93.4 cm³/mol. The summed E-state index contributed by atoms with van der Waals surface area (Å²) in [5, 5.41) is 3.10. The van der Waals surface area contributed by atoms with Crippen LogP contribution in [0.25, 0.3) is 0 Å². The second kappa shape index (κ2) is 8.02. The lowest BCUT2D eigenvalue weighted by Crippen LogP contribution is -2.39. The zero-order valence-corrected chi connectivity index (χ0v) is 14.0. The van der Waals surface area contributed by atoms with Crippen LogP contribution >= 0.6 is 0 Å². The van der Waals surface area contributed by atoms with Crippen LogP contribution < -0.4 is 10.2 Å². The van der Waals surface area contributed by atoms with Crippen LogP contribution in [0.3, 0.4) is 0 Å². The average molecular weight is 328 g/mol. The quantitative estimate of drug-likeness (QED) is 0.886. The largest absolute Gasteiger partial charge is 0.469 e. The maximum atomic E-state index is 12.7. The number of benzene rings is 1. The van der Waals surface area contributed by atoms with Crippen molar-refractivity contribution in [3.8, 4) is 0 Å². The topological polar surface area (TPSA) is 54.7 Å². The third kappa shape index (κ3) is 4.17. The average Bonchev–Trinajstić information content (AvgIpc) is 3.14. The van der Waals surface area contributed by atoms with Gasteiger partial charge in [-0.15, -0.1) is 0 Å². The molecule has 1 atom stereocenters. The summed E-state index contributed by atoms with van der Waals surface area (Å²) in [6, 6.07) is 11.7. The molecule has 1 aliphatic rings. The van der Waals surface area contributed by atoms with Crippen LogP contribution in [0.5, 0.6) is 0 Å². The minimum Gasteiger partial charge on any atom is -0.469 e. The van der Waals surface area contributed by atoms with Gasteiger partial charge in [-0.25, -0.2) is 0 Å². The number of amides is 1. The van der Waals surface area contributed by atoms with Gasteiger partial charge in [0.05, 0.1) is 25.0 Å². The highest BCUT2D eigenvalue weighted by Crippen LogP contribution is 2.21. The fraction of sp³-hybridized carbons (Fsp3) is 0.421. The summed E-state index contributed by atoms with van der Waals surface area (Å²) in [6.45, 7) is 5.07. The first kappa shape index (κ1) is 16.6. The second-order valence-corrected chi connectivity index (χ2v) is 6.11. The number of hydrogen-bond acceptors (Lipinski definition) is 4. The van der Waals surface area contributed by atoms with Crippen LogP contribution in [0.1, 0.15) is 29.5 Å². The lowest BCUT2D eigenvalue weighted by Gasteiger charge is -2.30. The molecule has 1 aromatic carbocycles. The zero-order chi connectivity index (χ0) is 16.8. The molecular weight excluding hydrogens is 304 g/mol. The molecule has 128 valence electrons.